The van der Waals surface area contributed by atoms with Crippen molar-refractivity contribution in [3.05, 3.63) is 51.1 Å². The third-order valence-corrected chi connectivity index (χ3v) is 6.43. The van der Waals surface area contributed by atoms with Gasteiger partial charge in [0.25, 0.3) is 0 Å². The van der Waals surface area contributed by atoms with Crippen LogP contribution >= 0.6 is 11.6 Å². The third-order valence-electron chi connectivity index (χ3n) is 6.20. The summed E-state index contributed by atoms with van der Waals surface area (Å²) in [6.07, 6.45) is 6.01. The molecule has 2 heterocycles. The van der Waals surface area contributed by atoms with Crippen molar-refractivity contribution in [2.24, 2.45) is 0 Å². The fraction of sp³-hybridized carbons (Fsp3) is 0.476. The highest BCUT2D eigenvalue weighted by Crippen LogP contribution is 2.35. The molecule has 1 aromatic carbocycles. The average molecular weight is 388 g/mol. The van der Waals surface area contributed by atoms with Crippen molar-refractivity contribution in [2.75, 3.05) is 19.6 Å². The molecule has 0 atom stereocenters. The van der Waals surface area contributed by atoms with Crippen molar-refractivity contribution < 1.29 is 9.38 Å². The number of fused-ring (bicyclic) bond motifs is 5. The molecule has 144 valence electrons. The van der Waals surface area contributed by atoms with Crippen molar-refractivity contribution in [2.45, 2.75) is 46.1 Å². The van der Waals surface area contributed by atoms with Crippen LogP contribution in [0, 0.1) is 10.4 Å². The largest absolute Gasteiger partial charge is 0.633 e. The summed E-state index contributed by atoms with van der Waals surface area (Å²) >= 11 is 6.14. The lowest BCUT2D eigenvalue weighted by Crippen LogP contribution is -2.44. The van der Waals surface area contributed by atoms with Crippen LogP contribution in [-0.4, -0.2) is 28.8 Å². The molecule has 5 nitrogen and oxygen atoms in total. The minimum atomic E-state index is -0.188. The SMILES string of the molecule is CC[N+]([O-])(CC)CCn1c2c(c3c[n+]([O-])c4cc(Cl)ccc4c31)CCCC2. The molecule has 0 fully saturated rings. The maximum Gasteiger partial charge on any atom is 0.227 e. The first-order chi connectivity index (χ1) is 13.0. The summed E-state index contributed by atoms with van der Waals surface area (Å²) in [7, 11) is 0. The molecule has 4 rings (SSSR count). The number of quaternary nitrogens is 1. The molecule has 1 aliphatic rings. The summed E-state index contributed by atoms with van der Waals surface area (Å²) in [6.45, 7) is 6.29. The van der Waals surface area contributed by atoms with E-state index in [1.165, 1.54) is 11.3 Å². The van der Waals surface area contributed by atoms with Crippen LogP contribution in [0.15, 0.2) is 24.4 Å². The standard InChI is InChI=1S/C21H26ClN3O2/c1-3-25(27,4-2)12-11-23-19-8-6-5-7-16(19)18-14-24(26)20-13-15(22)9-10-17(20)21(18)23/h9-10,13-14H,3-8,11-12H2,1-2H3. The Balaban J connectivity index is 1.96. The molecule has 0 spiro atoms. The number of hydrogen-bond acceptors (Lipinski definition) is 2. The Kier molecular flexibility index (Phi) is 4.78. The second-order valence-electron chi connectivity index (χ2n) is 7.58. The Bertz CT molecular complexity index is 1010. The highest BCUT2D eigenvalue weighted by molar-refractivity contribution is 6.31. The fourth-order valence-electron chi connectivity index (χ4n) is 4.47. The number of likely N-dealkylation sites (N-methyl/N-ethyl adjacent to an activating group) is 1. The van der Waals surface area contributed by atoms with E-state index < -0.39 is 0 Å². The van der Waals surface area contributed by atoms with Crippen LogP contribution < -0.4 is 4.73 Å². The van der Waals surface area contributed by atoms with Crippen molar-refractivity contribution >= 4 is 33.4 Å². The Morgan fingerprint density at radius 2 is 1.89 bits per heavy atom. The third kappa shape index (κ3) is 3.08. The van der Waals surface area contributed by atoms with Crippen LogP contribution in [0.5, 0.6) is 0 Å². The number of nitrogens with zero attached hydrogens (tertiary/aromatic N) is 3. The number of hydroxylamine groups is 3. The van der Waals surface area contributed by atoms with E-state index in [0.29, 0.717) is 36.7 Å². The van der Waals surface area contributed by atoms with Crippen LogP contribution in [-0.2, 0) is 19.4 Å². The van der Waals surface area contributed by atoms with Gasteiger partial charge in [0, 0.05) is 16.8 Å². The number of aryl methyl sites for hydroxylation is 1. The van der Waals surface area contributed by atoms with Gasteiger partial charge in [-0.25, -0.2) is 0 Å². The number of benzene rings is 1. The zero-order valence-electron chi connectivity index (χ0n) is 16.0. The van der Waals surface area contributed by atoms with E-state index in [2.05, 4.69) is 4.57 Å². The van der Waals surface area contributed by atoms with Gasteiger partial charge in [-0.1, -0.05) is 11.6 Å². The van der Waals surface area contributed by atoms with E-state index in [0.717, 1.165) is 46.7 Å². The molecule has 0 unspecified atom stereocenters. The number of pyridine rings is 1. The van der Waals surface area contributed by atoms with Gasteiger partial charge in [-0.15, -0.1) is 0 Å². The Morgan fingerprint density at radius 3 is 2.63 bits per heavy atom. The number of aromatic nitrogens is 2. The predicted octanol–water partition coefficient (Wildman–Crippen LogP) is 4.31. The Hall–Kier alpha value is -1.82. The smallest absolute Gasteiger partial charge is 0.227 e. The molecule has 1 aliphatic carbocycles. The van der Waals surface area contributed by atoms with Gasteiger partial charge in [0.1, 0.15) is 0 Å². The van der Waals surface area contributed by atoms with Gasteiger partial charge >= 0.3 is 0 Å². The quantitative estimate of drug-likeness (QED) is 0.283. The van der Waals surface area contributed by atoms with Crippen LogP contribution in [0.1, 0.15) is 37.9 Å². The van der Waals surface area contributed by atoms with E-state index >= 15 is 0 Å². The molecule has 0 amide bonds. The minimum Gasteiger partial charge on any atom is -0.633 e. The van der Waals surface area contributed by atoms with Gasteiger partial charge in [0.15, 0.2) is 6.20 Å². The molecule has 0 N–H and O–H groups in total. The molecular weight excluding hydrogens is 362 g/mol. The summed E-state index contributed by atoms with van der Waals surface area (Å²) in [5.41, 5.74) is 4.26. The summed E-state index contributed by atoms with van der Waals surface area (Å²) in [5.74, 6) is 0. The van der Waals surface area contributed by atoms with Crippen molar-refractivity contribution in [1.82, 2.24) is 4.57 Å². The molecular formula is C21H26ClN3O2. The van der Waals surface area contributed by atoms with Crippen LogP contribution in [0.25, 0.3) is 21.8 Å². The Morgan fingerprint density at radius 1 is 1.15 bits per heavy atom. The monoisotopic (exact) mass is 387 g/mol. The molecule has 0 saturated carbocycles. The maximum absolute atomic E-state index is 12.9. The first-order valence-electron chi connectivity index (χ1n) is 9.90. The van der Waals surface area contributed by atoms with Crippen LogP contribution in [0.2, 0.25) is 5.02 Å². The topological polar surface area (TPSA) is 54.9 Å². The minimum absolute atomic E-state index is 0.188. The second kappa shape index (κ2) is 6.97. The normalized spacial score (nSPS) is 14.8. The molecule has 6 heteroatoms. The lowest BCUT2D eigenvalue weighted by Gasteiger charge is -2.41. The van der Waals surface area contributed by atoms with Crippen LogP contribution in [0.3, 0.4) is 0 Å². The van der Waals surface area contributed by atoms with E-state index in [1.807, 2.05) is 26.0 Å². The molecule has 0 saturated heterocycles. The summed E-state index contributed by atoms with van der Waals surface area (Å²) in [6, 6.07) is 5.51. The van der Waals surface area contributed by atoms with Gasteiger partial charge < -0.3 is 19.6 Å². The van der Waals surface area contributed by atoms with E-state index in [9.17, 15) is 10.4 Å². The highest BCUT2D eigenvalue weighted by Gasteiger charge is 2.25. The predicted molar refractivity (Wildman–Crippen MR) is 110 cm³/mol. The van der Waals surface area contributed by atoms with Gasteiger partial charge in [-0.05, 0) is 57.2 Å². The maximum atomic E-state index is 12.9. The molecule has 27 heavy (non-hydrogen) atoms. The molecule has 3 aromatic rings. The van der Waals surface area contributed by atoms with E-state index in [1.54, 1.807) is 12.3 Å². The lowest BCUT2D eigenvalue weighted by molar-refractivity contribution is -0.877. The fourth-order valence-corrected chi connectivity index (χ4v) is 4.64. The van der Waals surface area contributed by atoms with E-state index in [4.69, 9.17) is 11.6 Å². The summed E-state index contributed by atoms with van der Waals surface area (Å²) in [4.78, 5) is 0. The summed E-state index contributed by atoms with van der Waals surface area (Å²) < 4.78 is 3.07. The molecule has 0 radical (unpaired) electrons. The summed E-state index contributed by atoms with van der Waals surface area (Å²) in [5, 5.41) is 28.0. The number of hydrogen-bond donors (Lipinski definition) is 0. The number of rotatable bonds is 5. The number of halogens is 1. The zero-order valence-corrected chi connectivity index (χ0v) is 16.8. The zero-order chi connectivity index (χ0) is 19.2. The van der Waals surface area contributed by atoms with Gasteiger partial charge in [0.05, 0.1) is 42.5 Å². The highest BCUT2D eigenvalue weighted by atomic mass is 35.5. The van der Waals surface area contributed by atoms with Crippen molar-refractivity contribution in [3.63, 3.8) is 0 Å². The lowest BCUT2D eigenvalue weighted by atomic mass is 9.96. The first-order valence-corrected chi connectivity index (χ1v) is 10.3. The second-order valence-corrected chi connectivity index (χ2v) is 8.01. The van der Waals surface area contributed by atoms with Gasteiger partial charge in [0.2, 0.25) is 5.52 Å². The molecule has 0 bridgehead atoms. The molecule has 2 aromatic heterocycles. The first kappa shape index (κ1) is 18.5. The van der Waals surface area contributed by atoms with Crippen LogP contribution in [0.4, 0.5) is 0 Å². The average Bonchev–Trinajstić information content (AvgIpc) is 3.00. The Labute approximate surface area is 164 Å². The van der Waals surface area contributed by atoms with Crippen molar-refractivity contribution in [1.29, 1.82) is 0 Å². The molecule has 0 aliphatic heterocycles. The van der Waals surface area contributed by atoms with E-state index in [-0.39, 0.29) is 4.65 Å². The van der Waals surface area contributed by atoms with Gasteiger partial charge in [-0.3, -0.25) is 0 Å². The van der Waals surface area contributed by atoms with Gasteiger partial charge in [-0.2, -0.15) is 4.73 Å². The van der Waals surface area contributed by atoms with Crippen molar-refractivity contribution in [3.8, 4) is 0 Å².